The smallest absolute Gasteiger partial charge is 0.246 e. The molecule has 0 aromatic heterocycles. The molecule has 0 bridgehead atoms. The lowest BCUT2D eigenvalue weighted by atomic mass is 10.0. The number of piperidine rings is 1. The van der Waals surface area contributed by atoms with E-state index in [2.05, 4.69) is 5.32 Å². The Labute approximate surface area is 102 Å². The van der Waals surface area contributed by atoms with Crippen molar-refractivity contribution in [3.8, 4) is 0 Å². The van der Waals surface area contributed by atoms with E-state index in [1.54, 1.807) is 12.2 Å². The molecule has 17 heavy (non-hydrogen) atoms. The molecule has 0 aromatic carbocycles. The van der Waals surface area contributed by atoms with Crippen LogP contribution in [0.25, 0.3) is 0 Å². The fraction of sp³-hybridized carbons (Fsp3) is 0.692. The largest absolute Gasteiger partial charge is 0.353 e. The van der Waals surface area contributed by atoms with Gasteiger partial charge in [0.2, 0.25) is 11.8 Å². The maximum absolute atomic E-state index is 11.6. The summed E-state index contributed by atoms with van der Waals surface area (Å²) in [5, 5.41) is 3.08. The monoisotopic (exact) mass is 236 g/mol. The second-order valence-corrected chi connectivity index (χ2v) is 4.88. The van der Waals surface area contributed by atoms with Crippen molar-refractivity contribution in [3.63, 3.8) is 0 Å². The van der Waals surface area contributed by atoms with E-state index >= 15 is 0 Å². The van der Waals surface area contributed by atoms with E-state index in [-0.39, 0.29) is 23.8 Å². The van der Waals surface area contributed by atoms with Gasteiger partial charge in [-0.05, 0) is 38.7 Å². The number of carbonyl (C=O) groups is 2. The number of allylic oxidation sites excluding steroid dienone is 1. The standard InChI is InChI=1S/C13H20N2O2/c1-2-3-12(16)15-8-6-11(7-9-15)14-13(17)10-4-5-10/h2-3,10-11H,4-9H2,1H3,(H,14,17). The van der Waals surface area contributed by atoms with Gasteiger partial charge in [0.1, 0.15) is 0 Å². The van der Waals surface area contributed by atoms with Crippen LogP contribution < -0.4 is 5.32 Å². The van der Waals surface area contributed by atoms with Gasteiger partial charge < -0.3 is 10.2 Å². The van der Waals surface area contributed by atoms with Crippen LogP contribution in [0.5, 0.6) is 0 Å². The van der Waals surface area contributed by atoms with E-state index in [1.165, 1.54) is 0 Å². The highest BCUT2D eigenvalue weighted by Gasteiger charge is 2.32. The van der Waals surface area contributed by atoms with Crippen LogP contribution in [0.3, 0.4) is 0 Å². The molecule has 0 spiro atoms. The fourth-order valence-electron chi connectivity index (χ4n) is 2.16. The van der Waals surface area contributed by atoms with Gasteiger partial charge in [-0.2, -0.15) is 0 Å². The van der Waals surface area contributed by atoms with Crippen LogP contribution in [0.2, 0.25) is 0 Å². The van der Waals surface area contributed by atoms with Crippen molar-refractivity contribution in [3.05, 3.63) is 12.2 Å². The first kappa shape index (κ1) is 12.1. The molecular formula is C13H20N2O2. The molecule has 94 valence electrons. The zero-order chi connectivity index (χ0) is 12.3. The molecule has 2 rings (SSSR count). The highest BCUT2D eigenvalue weighted by molar-refractivity contribution is 5.87. The molecule has 1 saturated heterocycles. The molecule has 2 fully saturated rings. The maximum atomic E-state index is 11.6. The Kier molecular flexibility index (Phi) is 3.82. The zero-order valence-corrected chi connectivity index (χ0v) is 10.3. The number of hydrogen-bond acceptors (Lipinski definition) is 2. The Hall–Kier alpha value is -1.32. The number of rotatable bonds is 3. The second-order valence-electron chi connectivity index (χ2n) is 4.88. The molecule has 4 heteroatoms. The molecule has 0 aromatic rings. The summed E-state index contributed by atoms with van der Waals surface area (Å²) in [7, 11) is 0. The van der Waals surface area contributed by atoms with Crippen LogP contribution in [0.15, 0.2) is 12.2 Å². The first-order valence-electron chi connectivity index (χ1n) is 6.42. The Morgan fingerprint density at radius 3 is 2.35 bits per heavy atom. The van der Waals surface area contributed by atoms with Gasteiger partial charge >= 0.3 is 0 Å². The molecule has 1 saturated carbocycles. The van der Waals surface area contributed by atoms with Gasteiger partial charge in [-0.15, -0.1) is 0 Å². The number of nitrogens with zero attached hydrogens (tertiary/aromatic N) is 1. The third-order valence-corrected chi connectivity index (χ3v) is 3.41. The molecule has 1 heterocycles. The molecule has 0 radical (unpaired) electrons. The van der Waals surface area contributed by atoms with Gasteiger partial charge in [0, 0.05) is 25.0 Å². The van der Waals surface area contributed by atoms with Gasteiger partial charge in [-0.1, -0.05) is 6.08 Å². The van der Waals surface area contributed by atoms with Gasteiger partial charge in [0.25, 0.3) is 0 Å². The Balaban J connectivity index is 1.73. The Morgan fingerprint density at radius 1 is 1.18 bits per heavy atom. The summed E-state index contributed by atoms with van der Waals surface area (Å²) in [5.74, 6) is 0.570. The van der Waals surface area contributed by atoms with Gasteiger partial charge in [0.05, 0.1) is 0 Å². The summed E-state index contributed by atoms with van der Waals surface area (Å²) < 4.78 is 0. The molecular weight excluding hydrogens is 216 g/mol. The van der Waals surface area contributed by atoms with E-state index in [0.29, 0.717) is 0 Å². The van der Waals surface area contributed by atoms with Crippen molar-refractivity contribution >= 4 is 11.8 Å². The minimum atomic E-state index is 0.0828. The van der Waals surface area contributed by atoms with Crippen molar-refractivity contribution in [1.29, 1.82) is 0 Å². The van der Waals surface area contributed by atoms with Crippen LogP contribution in [0.1, 0.15) is 32.6 Å². The average molecular weight is 236 g/mol. The number of likely N-dealkylation sites (tertiary alicyclic amines) is 1. The van der Waals surface area contributed by atoms with Crippen molar-refractivity contribution in [2.45, 2.75) is 38.6 Å². The normalized spacial score (nSPS) is 21.8. The van der Waals surface area contributed by atoms with Gasteiger partial charge in [-0.25, -0.2) is 0 Å². The quantitative estimate of drug-likeness (QED) is 0.745. The maximum Gasteiger partial charge on any atom is 0.246 e. The van der Waals surface area contributed by atoms with Gasteiger partial charge in [0.15, 0.2) is 0 Å². The number of nitrogens with one attached hydrogen (secondary N) is 1. The second kappa shape index (κ2) is 5.34. The lowest BCUT2D eigenvalue weighted by Crippen LogP contribution is -2.46. The van der Waals surface area contributed by atoms with Crippen molar-refractivity contribution < 1.29 is 9.59 Å². The zero-order valence-electron chi connectivity index (χ0n) is 10.3. The third-order valence-electron chi connectivity index (χ3n) is 3.41. The van der Waals surface area contributed by atoms with E-state index in [4.69, 9.17) is 0 Å². The summed E-state index contributed by atoms with van der Waals surface area (Å²) in [6.07, 6.45) is 7.21. The van der Waals surface area contributed by atoms with E-state index in [9.17, 15) is 9.59 Å². The molecule has 4 nitrogen and oxygen atoms in total. The Morgan fingerprint density at radius 2 is 1.82 bits per heavy atom. The minimum absolute atomic E-state index is 0.0828. The highest BCUT2D eigenvalue weighted by atomic mass is 16.2. The first-order valence-corrected chi connectivity index (χ1v) is 6.42. The summed E-state index contributed by atoms with van der Waals surface area (Å²) in [6, 6.07) is 0.262. The highest BCUT2D eigenvalue weighted by Crippen LogP contribution is 2.29. The van der Waals surface area contributed by atoms with Crippen LogP contribution >= 0.6 is 0 Å². The van der Waals surface area contributed by atoms with E-state index in [0.717, 1.165) is 38.8 Å². The predicted molar refractivity (Wildman–Crippen MR) is 65.3 cm³/mol. The van der Waals surface area contributed by atoms with E-state index in [1.807, 2.05) is 11.8 Å². The van der Waals surface area contributed by atoms with Crippen molar-refractivity contribution in [2.75, 3.05) is 13.1 Å². The topological polar surface area (TPSA) is 49.4 Å². The number of carbonyl (C=O) groups excluding carboxylic acids is 2. The summed E-state index contributed by atoms with van der Waals surface area (Å²) in [4.78, 5) is 25.0. The summed E-state index contributed by atoms with van der Waals surface area (Å²) >= 11 is 0. The van der Waals surface area contributed by atoms with Crippen LogP contribution in [0, 0.1) is 5.92 Å². The van der Waals surface area contributed by atoms with Crippen LogP contribution in [-0.2, 0) is 9.59 Å². The lowest BCUT2D eigenvalue weighted by Gasteiger charge is -2.31. The lowest BCUT2D eigenvalue weighted by molar-refractivity contribution is -0.127. The van der Waals surface area contributed by atoms with Crippen molar-refractivity contribution in [1.82, 2.24) is 10.2 Å². The summed E-state index contributed by atoms with van der Waals surface area (Å²) in [6.45, 7) is 3.35. The van der Waals surface area contributed by atoms with Crippen molar-refractivity contribution in [2.24, 2.45) is 5.92 Å². The number of amides is 2. The number of hydrogen-bond donors (Lipinski definition) is 1. The minimum Gasteiger partial charge on any atom is -0.353 e. The molecule has 0 atom stereocenters. The molecule has 0 unspecified atom stereocenters. The van der Waals surface area contributed by atoms with Gasteiger partial charge in [-0.3, -0.25) is 9.59 Å². The molecule has 1 aliphatic carbocycles. The SMILES string of the molecule is CC=CC(=O)N1CCC(NC(=O)C2CC2)CC1. The van der Waals surface area contributed by atoms with Crippen LogP contribution in [-0.4, -0.2) is 35.8 Å². The van der Waals surface area contributed by atoms with E-state index < -0.39 is 0 Å². The first-order chi connectivity index (χ1) is 8.20. The summed E-state index contributed by atoms with van der Waals surface area (Å²) in [5.41, 5.74) is 0. The molecule has 2 amide bonds. The molecule has 2 aliphatic rings. The third kappa shape index (κ3) is 3.32. The predicted octanol–water partition coefficient (Wildman–Crippen LogP) is 1.08. The Bertz CT molecular complexity index is 326. The molecule has 1 N–H and O–H groups in total. The molecule has 1 aliphatic heterocycles. The van der Waals surface area contributed by atoms with Crippen LogP contribution in [0.4, 0.5) is 0 Å². The average Bonchev–Trinajstić information content (AvgIpc) is 3.14. The fourth-order valence-corrected chi connectivity index (χ4v) is 2.16.